The second-order valence-electron chi connectivity index (χ2n) is 7.35. The number of likely N-dealkylation sites (N-methyl/N-ethyl adjacent to an activating group) is 1. The van der Waals surface area contributed by atoms with Gasteiger partial charge in [-0.3, -0.25) is 9.59 Å². The molecule has 1 aromatic carbocycles. The lowest BCUT2D eigenvalue weighted by Crippen LogP contribution is -2.35. The highest BCUT2D eigenvalue weighted by Crippen LogP contribution is 2.31. The number of aryl methyl sites for hydroxylation is 2. The van der Waals surface area contributed by atoms with Gasteiger partial charge in [-0.15, -0.1) is 17.8 Å². The van der Waals surface area contributed by atoms with Gasteiger partial charge in [-0.1, -0.05) is 17.1 Å². The molecule has 0 unspecified atom stereocenters. The van der Waals surface area contributed by atoms with Gasteiger partial charge >= 0.3 is 0 Å². The van der Waals surface area contributed by atoms with Gasteiger partial charge in [-0.05, 0) is 50.2 Å². The molecule has 0 radical (unpaired) electrons. The molecule has 3 aromatic heterocycles. The van der Waals surface area contributed by atoms with E-state index < -0.39 is 0 Å². The minimum absolute atomic E-state index is 0.138. The molecular weight excluding hydrogens is 424 g/mol. The molecule has 7 nitrogen and oxygen atoms in total. The summed E-state index contributed by atoms with van der Waals surface area (Å²) in [6.45, 7) is 3.62. The molecule has 0 saturated carbocycles. The number of hydrogen-bond donors (Lipinski definition) is 1. The average Bonchev–Trinajstić information content (AvgIpc) is 3.38. The highest BCUT2D eigenvalue weighted by molar-refractivity contribution is 7.15. The van der Waals surface area contributed by atoms with Gasteiger partial charge in [-0.25, -0.2) is 4.98 Å². The van der Waals surface area contributed by atoms with Crippen LogP contribution in [0.1, 0.15) is 26.5 Å². The number of thiophene rings is 1. The Morgan fingerprint density at radius 2 is 2.03 bits per heavy atom. The lowest BCUT2D eigenvalue weighted by Gasteiger charge is -2.18. The van der Waals surface area contributed by atoms with Crippen molar-refractivity contribution in [2.24, 2.45) is 0 Å². The number of carbonyl (C=O) groups excluding carboxylic acids is 2. The van der Waals surface area contributed by atoms with Crippen molar-refractivity contribution in [1.82, 2.24) is 15.0 Å². The molecule has 1 N–H and O–H groups in total. The monoisotopic (exact) mass is 444 g/mol. The lowest BCUT2D eigenvalue weighted by atomic mass is 10.1. The predicted octanol–water partition coefficient (Wildman–Crippen LogP) is 4.26. The summed E-state index contributed by atoms with van der Waals surface area (Å²) in [5.74, 6) is 1.86. The van der Waals surface area contributed by atoms with E-state index in [4.69, 9.17) is 10.9 Å². The van der Waals surface area contributed by atoms with Gasteiger partial charge in [-0.2, -0.15) is 0 Å². The van der Waals surface area contributed by atoms with E-state index in [1.807, 2.05) is 19.1 Å². The number of aromatic nitrogens is 2. The number of rotatable bonds is 5. The maximum absolute atomic E-state index is 13.3. The Morgan fingerprint density at radius 3 is 2.75 bits per heavy atom. The number of terminal acetylenes is 1. The van der Waals surface area contributed by atoms with Crippen LogP contribution in [0.4, 0.5) is 5.69 Å². The van der Waals surface area contributed by atoms with Crippen LogP contribution in [-0.2, 0) is 4.79 Å². The lowest BCUT2D eigenvalue weighted by molar-refractivity contribution is -0.116. The van der Waals surface area contributed by atoms with Gasteiger partial charge in [0.1, 0.15) is 0 Å². The minimum Gasteiger partial charge on any atom is -0.335 e. The number of carbonyl (C=O) groups is 2. The summed E-state index contributed by atoms with van der Waals surface area (Å²) in [5.41, 5.74) is 3.10. The summed E-state index contributed by atoms with van der Waals surface area (Å²) >= 11 is 1.57. The average molecular weight is 445 g/mol. The van der Waals surface area contributed by atoms with Crippen LogP contribution in [-0.4, -0.2) is 40.4 Å². The largest absolute Gasteiger partial charge is 0.335 e. The SMILES string of the molecule is C#Cc1cccc(NC(=O)CN(C)C(=O)c2cc(-c3ccc(C)s3)nc3onc(C)c23)c1. The third kappa shape index (κ3) is 4.24. The molecule has 0 spiro atoms. The van der Waals surface area contributed by atoms with Crippen molar-refractivity contribution >= 4 is 39.9 Å². The Kier molecular flexibility index (Phi) is 5.75. The van der Waals surface area contributed by atoms with Gasteiger partial charge in [0, 0.05) is 23.2 Å². The van der Waals surface area contributed by atoms with E-state index in [2.05, 4.69) is 21.4 Å². The maximum atomic E-state index is 13.3. The molecule has 0 fully saturated rings. The Bertz CT molecular complexity index is 1380. The Balaban J connectivity index is 1.60. The van der Waals surface area contributed by atoms with Crippen LogP contribution in [0.5, 0.6) is 0 Å². The van der Waals surface area contributed by atoms with Crippen LogP contribution >= 0.6 is 11.3 Å². The number of hydrogen-bond acceptors (Lipinski definition) is 6. The van der Waals surface area contributed by atoms with Crippen molar-refractivity contribution in [3.05, 3.63) is 64.2 Å². The zero-order valence-electron chi connectivity index (χ0n) is 17.8. The first-order valence-corrected chi connectivity index (χ1v) is 10.6. The van der Waals surface area contributed by atoms with Crippen molar-refractivity contribution < 1.29 is 14.1 Å². The van der Waals surface area contributed by atoms with Crippen molar-refractivity contribution in [3.63, 3.8) is 0 Å². The van der Waals surface area contributed by atoms with Crippen molar-refractivity contribution in [1.29, 1.82) is 0 Å². The summed E-state index contributed by atoms with van der Waals surface area (Å²) in [6, 6.07) is 12.6. The summed E-state index contributed by atoms with van der Waals surface area (Å²) in [7, 11) is 1.57. The van der Waals surface area contributed by atoms with E-state index in [1.54, 1.807) is 55.6 Å². The highest BCUT2D eigenvalue weighted by Gasteiger charge is 2.23. The van der Waals surface area contributed by atoms with Crippen molar-refractivity contribution in [2.75, 3.05) is 18.9 Å². The second kappa shape index (κ2) is 8.65. The third-order valence-electron chi connectivity index (χ3n) is 4.88. The first-order chi connectivity index (χ1) is 15.4. The Labute approximate surface area is 189 Å². The molecule has 2 amide bonds. The van der Waals surface area contributed by atoms with E-state index in [0.29, 0.717) is 39.3 Å². The van der Waals surface area contributed by atoms with Gasteiger partial charge in [0.05, 0.1) is 33.8 Å². The molecule has 3 heterocycles. The number of pyridine rings is 1. The zero-order valence-corrected chi connectivity index (χ0v) is 18.6. The molecule has 160 valence electrons. The molecule has 0 aliphatic heterocycles. The fraction of sp³-hybridized carbons (Fsp3) is 0.167. The number of nitrogens with zero attached hydrogens (tertiary/aromatic N) is 3. The van der Waals surface area contributed by atoms with Crippen molar-refractivity contribution in [2.45, 2.75) is 13.8 Å². The zero-order chi connectivity index (χ0) is 22.8. The number of anilines is 1. The van der Waals surface area contributed by atoms with E-state index in [9.17, 15) is 9.59 Å². The quantitative estimate of drug-likeness (QED) is 0.465. The molecule has 32 heavy (non-hydrogen) atoms. The van der Waals surface area contributed by atoms with Crippen LogP contribution in [0.3, 0.4) is 0 Å². The number of benzene rings is 1. The first kappa shape index (κ1) is 21.3. The van der Waals surface area contributed by atoms with E-state index in [0.717, 1.165) is 9.75 Å². The molecule has 0 saturated heterocycles. The molecule has 0 aliphatic rings. The predicted molar refractivity (Wildman–Crippen MR) is 125 cm³/mol. The van der Waals surface area contributed by atoms with Gasteiger partial charge < -0.3 is 14.7 Å². The van der Waals surface area contributed by atoms with Crippen LogP contribution in [0.15, 0.2) is 47.0 Å². The molecule has 8 heteroatoms. The maximum Gasteiger partial charge on any atom is 0.259 e. The molecule has 4 aromatic rings. The highest BCUT2D eigenvalue weighted by atomic mass is 32.1. The number of fused-ring (bicyclic) bond motifs is 1. The topological polar surface area (TPSA) is 88.3 Å². The standard InChI is InChI=1S/C24H20N4O3S/c1-5-16-7-6-8-17(11-16)25-21(29)13-28(4)24(30)18-12-19(20-10-9-14(2)32-20)26-23-22(18)15(3)27-31-23/h1,6-12H,13H2,2-4H3,(H,25,29). The minimum atomic E-state index is -0.337. The summed E-state index contributed by atoms with van der Waals surface area (Å²) < 4.78 is 5.35. The van der Waals surface area contributed by atoms with Crippen LogP contribution < -0.4 is 5.32 Å². The van der Waals surface area contributed by atoms with Crippen LogP contribution in [0, 0.1) is 26.2 Å². The van der Waals surface area contributed by atoms with Crippen LogP contribution in [0.2, 0.25) is 0 Å². The van der Waals surface area contributed by atoms with Gasteiger partial charge in [0.25, 0.3) is 11.6 Å². The Hall–Kier alpha value is -3.96. The second-order valence-corrected chi connectivity index (χ2v) is 8.64. The Morgan fingerprint density at radius 1 is 1.22 bits per heavy atom. The summed E-state index contributed by atoms with van der Waals surface area (Å²) in [4.78, 5) is 33.8. The van der Waals surface area contributed by atoms with E-state index >= 15 is 0 Å². The van der Waals surface area contributed by atoms with Gasteiger partial charge in [0.2, 0.25) is 5.91 Å². The number of amides is 2. The molecular formula is C24H20N4O3S. The third-order valence-corrected chi connectivity index (χ3v) is 5.90. The summed E-state index contributed by atoms with van der Waals surface area (Å²) in [5, 5.41) is 7.28. The van der Waals surface area contributed by atoms with Crippen molar-refractivity contribution in [3.8, 4) is 22.9 Å². The van der Waals surface area contributed by atoms with Gasteiger partial charge in [0.15, 0.2) is 0 Å². The molecule has 0 aliphatic carbocycles. The normalized spacial score (nSPS) is 10.7. The molecule has 0 atom stereocenters. The fourth-order valence-electron chi connectivity index (χ4n) is 3.34. The molecule has 4 rings (SSSR count). The first-order valence-electron chi connectivity index (χ1n) is 9.81. The number of nitrogens with one attached hydrogen (secondary N) is 1. The van der Waals surface area contributed by atoms with Crippen LogP contribution in [0.25, 0.3) is 21.7 Å². The fourth-order valence-corrected chi connectivity index (χ4v) is 4.17. The van der Waals surface area contributed by atoms with E-state index in [1.165, 1.54) is 4.90 Å². The van der Waals surface area contributed by atoms with E-state index in [-0.39, 0.29) is 18.4 Å². The summed E-state index contributed by atoms with van der Waals surface area (Å²) in [6.07, 6.45) is 5.41. The molecule has 0 bridgehead atoms. The smallest absolute Gasteiger partial charge is 0.259 e.